The maximum atomic E-state index is 13.3. The van der Waals surface area contributed by atoms with E-state index >= 15 is 0 Å². The number of aromatic nitrogens is 7. The van der Waals surface area contributed by atoms with Crippen molar-refractivity contribution < 1.29 is 9.50 Å². The predicted molar refractivity (Wildman–Crippen MR) is 137 cm³/mol. The van der Waals surface area contributed by atoms with Crippen molar-refractivity contribution in [1.29, 1.82) is 0 Å². The molecular weight excluding hydrogens is 473 g/mol. The van der Waals surface area contributed by atoms with Crippen LogP contribution in [0.2, 0.25) is 0 Å². The third-order valence-electron chi connectivity index (χ3n) is 6.89. The fraction of sp³-hybridized carbons (Fsp3) is 0.269. The van der Waals surface area contributed by atoms with Crippen molar-refractivity contribution in [2.45, 2.75) is 12.5 Å². The summed E-state index contributed by atoms with van der Waals surface area (Å²) in [7, 11) is 1.90. The Morgan fingerprint density at radius 1 is 0.838 bits per heavy atom. The molecule has 1 fully saturated rings. The topological polar surface area (TPSA) is 100 Å². The molecular formula is C26H26FN9O. The van der Waals surface area contributed by atoms with Crippen molar-refractivity contribution in [3.8, 4) is 11.1 Å². The highest BCUT2D eigenvalue weighted by atomic mass is 19.1. The van der Waals surface area contributed by atoms with Crippen LogP contribution in [0.15, 0.2) is 67.6 Å². The molecule has 10 nitrogen and oxygen atoms in total. The molecule has 0 radical (unpaired) electrons. The number of rotatable bonds is 5. The van der Waals surface area contributed by atoms with Gasteiger partial charge in [-0.05, 0) is 30.7 Å². The zero-order valence-corrected chi connectivity index (χ0v) is 20.5. The van der Waals surface area contributed by atoms with E-state index in [2.05, 4.69) is 41.0 Å². The standard InChI is InChI=1S/C26H26FN9O/c1-26(37,20-3-5-22(27)6-4-20)21-13-28-25(29-14-21)35-9-7-34(8-10-35)24-23-11-18(16-36(23)32-17-30-24)19-12-31-33(2)15-19/h3-6,11-17,37H,7-10H2,1-2H3/t26-/m1/s1. The molecule has 1 aromatic carbocycles. The summed E-state index contributed by atoms with van der Waals surface area (Å²) >= 11 is 0. The minimum Gasteiger partial charge on any atom is -0.381 e. The van der Waals surface area contributed by atoms with Gasteiger partial charge in [0.15, 0.2) is 5.82 Å². The van der Waals surface area contributed by atoms with E-state index < -0.39 is 5.60 Å². The number of piperazine rings is 1. The highest BCUT2D eigenvalue weighted by molar-refractivity contribution is 5.77. The Balaban J connectivity index is 1.17. The summed E-state index contributed by atoms with van der Waals surface area (Å²) in [6.45, 7) is 4.60. The molecule has 37 heavy (non-hydrogen) atoms. The predicted octanol–water partition coefficient (Wildman–Crippen LogP) is 2.64. The van der Waals surface area contributed by atoms with Crippen LogP contribution in [0.25, 0.3) is 16.6 Å². The van der Waals surface area contributed by atoms with Crippen LogP contribution in [0.4, 0.5) is 16.2 Å². The van der Waals surface area contributed by atoms with Gasteiger partial charge in [0.25, 0.3) is 0 Å². The van der Waals surface area contributed by atoms with E-state index in [1.54, 1.807) is 42.5 Å². The number of hydrogen-bond acceptors (Lipinski definition) is 8. The van der Waals surface area contributed by atoms with Gasteiger partial charge in [0.2, 0.25) is 5.95 Å². The van der Waals surface area contributed by atoms with E-state index in [4.69, 9.17) is 0 Å². The van der Waals surface area contributed by atoms with Crippen LogP contribution in [0, 0.1) is 5.82 Å². The second-order valence-electron chi connectivity index (χ2n) is 9.37. The molecule has 5 aromatic rings. The molecule has 4 aromatic heterocycles. The lowest BCUT2D eigenvalue weighted by Crippen LogP contribution is -2.47. The molecule has 0 aliphatic carbocycles. The summed E-state index contributed by atoms with van der Waals surface area (Å²) in [5.41, 5.74) is 2.81. The second kappa shape index (κ2) is 8.93. The van der Waals surface area contributed by atoms with E-state index in [-0.39, 0.29) is 5.82 Å². The number of aliphatic hydroxyl groups is 1. The van der Waals surface area contributed by atoms with Crippen LogP contribution < -0.4 is 9.80 Å². The van der Waals surface area contributed by atoms with Crippen LogP contribution >= 0.6 is 0 Å². The molecule has 0 amide bonds. The van der Waals surface area contributed by atoms with Crippen LogP contribution in [-0.4, -0.2) is 65.6 Å². The fourth-order valence-corrected chi connectivity index (χ4v) is 4.68. The van der Waals surface area contributed by atoms with Crippen LogP contribution in [-0.2, 0) is 12.6 Å². The lowest BCUT2D eigenvalue weighted by molar-refractivity contribution is 0.101. The number of fused-ring (bicyclic) bond motifs is 1. The van der Waals surface area contributed by atoms with E-state index in [0.29, 0.717) is 17.1 Å². The summed E-state index contributed by atoms with van der Waals surface area (Å²) < 4.78 is 16.9. The second-order valence-corrected chi connectivity index (χ2v) is 9.37. The quantitative estimate of drug-likeness (QED) is 0.394. The van der Waals surface area contributed by atoms with Gasteiger partial charge in [-0.15, -0.1) is 0 Å². The maximum Gasteiger partial charge on any atom is 0.225 e. The molecule has 0 spiro atoms. The first-order valence-corrected chi connectivity index (χ1v) is 12.0. The van der Waals surface area contributed by atoms with Crippen LogP contribution in [0.5, 0.6) is 0 Å². The van der Waals surface area contributed by atoms with Gasteiger partial charge in [0.1, 0.15) is 23.3 Å². The minimum atomic E-state index is -1.32. The number of halogens is 1. The molecule has 1 atom stereocenters. The number of benzene rings is 1. The van der Waals surface area contributed by atoms with Gasteiger partial charge in [-0.2, -0.15) is 10.2 Å². The molecule has 5 heterocycles. The van der Waals surface area contributed by atoms with Crippen molar-refractivity contribution in [2.24, 2.45) is 7.05 Å². The first-order chi connectivity index (χ1) is 17.9. The summed E-state index contributed by atoms with van der Waals surface area (Å²) in [6.07, 6.45) is 10.6. The average Bonchev–Trinajstić information content (AvgIpc) is 3.55. The van der Waals surface area contributed by atoms with E-state index in [9.17, 15) is 9.50 Å². The first-order valence-electron chi connectivity index (χ1n) is 12.0. The molecule has 11 heteroatoms. The van der Waals surface area contributed by atoms with Gasteiger partial charge in [-0.1, -0.05) is 12.1 Å². The van der Waals surface area contributed by atoms with Gasteiger partial charge in [0.05, 0.1) is 6.20 Å². The van der Waals surface area contributed by atoms with E-state index in [1.165, 1.54) is 12.1 Å². The Hall–Kier alpha value is -4.38. The van der Waals surface area contributed by atoms with Crippen LogP contribution in [0.1, 0.15) is 18.1 Å². The summed E-state index contributed by atoms with van der Waals surface area (Å²) in [5.74, 6) is 1.14. The summed E-state index contributed by atoms with van der Waals surface area (Å²) in [4.78, 5) is 18.0. The van der Waals surface area contributed by atoms with Crippen molar-refractivity contribution in [1.82, 2.24) is 34.3 Å². The smallest absolute Gasteiger partial charge is 0.225 e. The highest BCUT2D eigenvalue weighted by Crippen LogP contribution is 2.30. The Kier molecular flexibility index (Phi) is 5.56. The molecule has 1 aliphatic heterocycles. The number of hydrogen-bond donors (Lipinski definition) is 1. The Morgan fingerprint density at radius 3 is 2.22 bits per heavy atom. The Labute approximate surface area is 212 Å². The molecule has 1 aliphatic rings. The molecule has 1 N–H and O–H groups in total. The van der Waals surface area contributed by atoms with Crippen molar-refractivity contribution in [3.05, 3.63) is 84.6 Å². The van der Waals surface area contributed by atoms with Crippen molar-refractivity contribution in [3.63, 3.8) is 0 Å². The molecule has 0 unspecified atom stereocenters. The SMILES string of the molecule is Cn1cc(-c2cc3c(N4CCN(c5ncc([C@](C)(O)c6ccc(F)cc6)cn5)CC4)ncnn3c2)cn1. The van der Waals surface area contributed by atoms with Crippen LogP contribution in [0.3, 0.4) is 0 Å². The van der Waals surface area contributed by atoms with Crippen molar-refractivity contribution in [2.75, 3.05) is 36.0 Å². The van der Waals surface area contributed by atoms with Gasteiger partial charge >= 0.3 is 0 Å². The van der Waals surface area contributed by atoms with E-state index in [0.717, 1.165) is 48.6 Å². The third kappa shape index (κ3) is 4.27. The Bertz CT molecular complexity index is 1530. The summed E-state index contributed by atoms with van der Waals surface area (Å²) in [5, 5.41) is 19.7. The maximum absolute atomic E-state index is 13.3. The number of aryl methyl sites for hydroxylation is 1. The normalized spacial score (nSPS) is 15.8. The average molecular weight is 500 g/mol. The molecule has 1 saturated heterocycles. The lowest BCUT2D eigenvalue weighted by Gasteiger charge is -2.35. The third-order valence-corrected chi connectivity index (χ3v) is 6.89. The van der Waals surface area contributed by atoms with E-state index in [1.807, 2.05) is 30.2 Å². The fourth-order valence-electron chi connectivity index (χ4n) is 4.68. The van der Waals surface area contributed by atoms with Gasteiger partial charge in [-0.3, -0.25) is 4.68 Å². The molecule has 6 rings (SSSR count). The lowest BCUT2D eigenvalue weighted by atomic mass is 9.90. The number of nitrogens with zero attached hydrogens (tertiary/aromatic N) is 9. The highest BCUT2D eigenvalue weighted by Gasteiger charge is 2.28. The monoisotopic (exact) mass is 499 g/mol. The first kappa shape index (κ1) is 23.0. The van der Waals surface area contributed by atoms with Gasteiger partial charge in [0, 0.05) is 74.7 Å². The molecule has 188 valence electrons. The zero-order valence-electron chi connectivity index (χ0n) is 20.5. The zero-order chi connectivity index (χ0) is 25.6. The summed E-state index contributed by atoms with van der Waals surface area (Å²) in [6, 6.07) is 7.89. The largest absolute Gasteiger partial charge is 0.381 e. The Morgan fingerprint density at radius 2 is 1.54 bits per heavy atom. The molecule has 0 bridgehead atoms. The minimum absolute atomic E-state index is 0.348. The van der Waals surface area contributed by atoms with Gasteiger partial charge in [-0.25, -0.2) is 23.9 Å². The number of anilines is 2. The van der Waals surface area contributed by atoms with Gasteiger partial charge < -0.3 is 14.9 Å². The molecule has 0 saturated carbocycles. The van der Waals surface area contributed by atoms with Crippen molar-refractivity contribution >= 4 is 17.3 Å².